The van der Waals surface area contributed by atoms with Gasteiger partial charge in [0.2, 0.25) is 0 Å². The van der Waals surface area contributed by atoms with Crippen LogP contribution < -0.4 is 5.32 Å². The van der Waals surface area contributed by atoms with Gasteiger partial charge in [0.25, 0.3) is 0 Å². The number of anilines is 1. The number of aromatic carboxylic acids is 1. The Morgan fingerprint density at radius 1 is 1.26 bits per heavy atom. The highest BCUT2D eigenvalue weighted by Crippen LogP contribution is 2.24. The Balaban J connectivity index is 2.17. The lowest BCUT2D eigenvalue weighted by Gasteiger charge is -2.11. The van der Waals surface area contributed by atoms with Gasteiger partial charge in [-0.05, 0) is 52.2 Å². The number of aryl methyl sites for hydroxylation is 1. The minimum atomic E-state index is -0.902. The molecule has 2 rings (SSSR count). The molecule has 0 bridgehead atoms. The minimum Gasteiger partial charge on any atom is -0.478 e. The molecule has 3 nitrogen and oxygen atoms in total. The highest BCUT2D eigenvalue weighted by atomic mass is 79.9. The van der Waals surface area contributed by atoms with Gasteiger partial charge in [-0.2, -0.15) is 0 Å². The summed E-state index contributed by atoms with van der Waals surface area (Å²) in [6, 6.07) is 13.0. The van der Waals surface area contributed by atoms with Gasteiger partial charge >= 0.3 is 5.97 Å². The van der Waals surface area contributed by atoms with E-state index in [0.717, 1.165) is 15.7 Å². The summed E-state index contributed by atoms with van der Waals surface area (Å²) in [5.74, 6) is -0.902. The molecule has 19 heavy (non-hydrogen) atoms. The molecule has 0 aliphatic rings. The molecule has 4 heteroatoms. The maximum atomic E-state index is 11.1. The van der Waals surface area contributed by atoms with E-state index in [1.54, 1.807) is 12.1 Å². The summed E-state index contributed by atoms with van der Waals surface area (Å²) in [5.41, 5.74) is 3.22. The van der Waals surface area contributed by atoms with Crippen molar-refractivity contribution < 1.29 is 9.90 Å². The van der Waals surface area contributed by atoms with Crippen LogP contribution in [-0.4, -0.2) is 11.1 Å². The highest BCUT2D eigenvalue weighted by Gasteiger charge is 2.09. The molecule has 0 unspecified atom stereocenters. The number of hydrogen-bond acceptors (Lipinski definition) is 2. The summed E-state index contributed by atoms with van der Waals surface area (Å²) >= 11 is 3.49. The molecule has 0 amide bonds. The zero-order valence-corrected chi connectivity index (χ0v) is 12.1. The standard InChI is InChI=1S/C15H14BrNO2/c1-10-6-7-14(13(16)8-10)17-9-11-4-2-3-5-12(11)15(18)19/h2-8,17H,9H2,1H3,(H,18,19). The van der Waals surface area contributed by atoms with Gasteiger partial charge in [-0.3, -0.25) is 0 Å². The average Bonchev–Trinajstić information content (AvgIpc) is 2.38. The number of benzene rings is 2. The second kappa shape index (κ2) is 5.89. The number of carbonyl (C=O) groups is 1. The first-order valence-electron chi connectivity index (χ1n) is 5.89. The summed E-state index contributed by atoms with van der Waals surface area (Å²) in [6.45, 7) is 2.50. The van der Waals surface area contributed by atoms with Gasteiger partial charge in [-0.1, -0.05) is 24.3 Å². The molecule has 98 valence electrons. The minimum absolute atomic E-state index is 0.332. The molecule has 0 saturated carbocycles. The third kappa shape index (κ3) is 3.35. The second-order valence-electron chi connectivity index (χ2n) is 4.30. The van der Waals surface area contributed by atoms with Gasteiger partial charge in [0, 0.05) is 16.7 Å². The molecule has 0 aliphatic carbocycles. The average molecular weight is 320 g/mol. The third-order valence-electron chi connectivity index (χ3n) is 2.84. The van der Waals surface area contributed by atoms with E-state index in [9.17, 15) is 4.79 Å². The lowest BCUT2D eigenvalue weighted by Crippen LogP contribution is -2.07. The summed E-state index contributed by atoms with van der Waals surface area (Å²) in [7, 11) is 0. The van der Waals surface area contributed by atoms with Crippen molar-refractivity contribution in [1.29, 1.82) is 0 Å². The topological polar surface area (TPSA) is 49.3 Å². The number of rotatable bonds is 4. The van der Waals surface area contributed by atoms with Crippen molar-refractivity contribution in [3.63, 3.8) is 0 Å². The maximum Gasteiger partial charge on any atom is 0.336 e. The number of carboxylic acid groups (broad SMARTS) is 1. The van der Waals surface area contributed by atoms with Crippen LogP contribution in [0.5, 0.6) is 0 Å². The van der Waals surface area contributed by atoms with Crippen LogP contribution in [0.3, 0.4) is 0 Å². The van der Waals surface area contributed by atoms with Crippen molar-refractivity contribution in [3.05, 3.63) is 63.6 Å². The van der Waals surface area contributed by atoms with Crippen LogP contribution >= 0.6 is 15.9 Å². The lowest BCUT2D eigenvalue weighted by molar-refractivity contribution is 0.0696. The van der Waals surface area contributed by atoms with Crippen molar-refractivity contribution >= 4 is 27.6 Å². The first-order valence-corrected chi connectivity index (χ1v) is 6.68. The molecule has 0 radical (unpaired) electrons. The fourth-order valence-corrected chi connectivity index (χ4v) is 2.47. The smallest absolute Gasteiger partial charge is 0.336 e. The number of hydrogen-bond donors (Lipinski definition) is 2. The fourth-order valence-electron chi connectivity index (χ4n) is 1.84. The second-order valence-corrected chi connectivity index (χ2v) is 5.15. The summed E-state index contributed by atoms with van der Waals surface area (Å²) in [4.78, 5) is 11.1. The number of nitrogens with one attached hydrogen (secondary N) is 1. The monoisotopic (exact) mass is 319 g/mol. The largest absolute Gasteiger partial charge is 0.478 e. The van der Waals surface area contributed by atoms with Crippen LogP contribution in [0.1, 0.15) is 21.5 Å². The third-order valence-corrected chi connectivity index (χ3v) is 3.50. The van der Waals surface area contributed by atoms with Gasteiger partial charge in [0.15, 0.2) is 0 Å². The van der Waals surface area contributed by atoms with Gasteiger partial charge in [0.1, 0.15) is 0 Å². The lowest BCUT2D eigenvalue weighted by atomic mass is 10.1. The van der Waals surface area contributed by atoms with Crippen molar-refractivity contribution in [1.82, 2.24) is 0 Å². The summed E-state index contributed by atoms with van der Waals surface area (Å²) < 4.78 is 0.973. The first-order chi connectivity index (χ1) is 9.08. The Morgan fingerprint density at radius 2 is 2.00 bits per heavy atom. The Kier molecular flexibility index (Phi) is 4.22. The van der Waals surface area contributed by atoms with Crippen LogP contribution in [0.4, 0.5) is 5.69 Å². The van der Waals surface area contributed by atoms with Crippen LogP contribution in [0.25, 0.3) is 0 Å². The molecule has 2 aromatic rings. The molecular weight excluding hydrogens is 306 g/mol. The van der Waals surface area contributed by atoms with E-state index in [1.165, 1.54) is 5.56 Å². The zero-order valence-electron chi connectivity index (χ0n) is 10.5. The zero-order chi connectivity index (χ0) is 13.8. The Labute approximate surface area is 120 Å². The van der Waals surface area contributed by atoms with Crippen molar-refractivity contribution in [2.45, 2.75) is 13.5 Å². The first kappa shape index (κ1) is 13.6. The molecule has 0 spiro atoms. The van der Waals surface area contributed by atoms with Crippen LogP contribution in [0.15, 0.2) is 46.9 Å². The Hall–Kier alpha value is -1.81. The molecule has 2 aromatic carbocycles. The Bertz CT molecular complexity index is 611. The predicted octanol–water partition coefficient (Wildman–Crippen LogP) is 4.07. The molecule has 0 aliphatic heterocycles. The molecule has 2 N–H and O–H groups in total. The van der Waals surface area contributed by atoms with E-state index in [1.807, 2.05) is 37.3 Å². The van der Waals surface area contributed by atoms with Crippen molar-refractivity contribution in [3.8, 4) is 0 Å². The van der Waals surface area contributed by atoms with Gasteiger partial charge in [-0.15, -0.1) is 0 Å². The SMILES string of the molecule is Cc1ccc(NCc2ccccc2C(=O)O)c(Br)c1. The number of carboxylic acids is 1. The van der Waals surface area contributed by atoms with Gasteiger partial charge < -0.3 is 10.4 Å². The molecule has 0 aromatic heterocycles. The van der Waals surface area contributed by atoms with E-state index in [-0.39, 0.29) is 0 Å². The van der Waals surface area contributed by atoms with E-state index in [4.69, 9.17) is 5.11 Å². The Morgan fingerprint density at radius 3 is 2.68 bits per heavy atom. The molecule has 0 fully saturated rings. The normalized spacial score (nSPS) is 10.2. The quantitative estimate of drug-likeness (QED) is 0.893. The molecule has 0 atom stereocenters. The van der Waals surface area contributed by atoms with E-state index in [0.29, 0.717) is 12.1 Å². The summed E-state index contributed by atoms with van der Waals surface area (Å²) in [6.07, 6.45) is 0. The molecular formula is C15H14BrNO2. The van der Waals surface area contributed by atoms with Crippen LogP contribution in [-0.2, 0) is 6.54 Å². The number of halogens is 1. The molecule has 0 saturated heterocycles. The highest BCUT2D eigenvalue weighted by molar-refractivity contribution is 9.10. The molecule has 0 heterocycles. The predicted molar refractivity (Wildman–Crippen MR) is 79.6 cm³/mol. The van der Waals surface area contributed by atoms with Gasteiger partial charge in [0.05, 0.1) is 5.56 Å². The van der Waals surface area contributed by atoms with Crippen molar-refractivity contribution in [2.75, 3.05) is 5.32 Å². The van der Waals surface area contributed by atoms with Crippen LogP contribution in [0.2, 0.25) is 0 Å². The van der Waals surface area contributed by atoms with Gasteiger partial charge in [-0.25, -0.2) is 4.79 Å². The van der Waals surface area contributed by atoms with Crippen LogP contribution in [0, 0.1) is 6.92 Å². The van der Waals surface area contributed by atoms with Crippen molar-refractivity contribution in [2.24, 2.45) is 0 Å². The van der Waals surface area contributed by atoms with E-state index < -0.39 is 5.97 Å². The van der Waals surface area contributed by atoms with E-state index in [2.05, 4.69) is 21.2 Å². The maximum absolute atomic E-state index is 11.1. The summed E-state index contributed by atoms with van der Waals surface area (Å²) in [5, 5.41) is 12.4. The van der Waals surface area contributed by atoms with E-state index >= 15 is 0 Å². The fraction of sp³-hybridized carbons (Fsp3) is 0.133.